The summed E-state index contributed by atoms with van der Waals surface area (Å²) >= 11 is 0. The molecule has 1 aliphatic rings. The monoisotopic (exact) mass is 189 g/mol. The van der Waals surface area contributed by atoms with Gasteiger partial charge in [-0.2, -0.15) is 0 Å². The van der Waals surface area contributed by atoms with Crippen LogP contribution in [0.4, 0.5) is 0 Å². The van der Waals surface area contributed by atoms with Crippen molar-refractivity contribution in [2.24, 2.45) is 5.73 Å². The van der Waals surface area contributed by atoms with E-state index in [0.717, 1.165) is 18.8 Å². The van der Waals surface area contributed by atoms with E-state index >= 15 is 0 Å². The lowest BCUT2D eigenvalue weighted by Gasteiger charge is -2.09. The van der Waals surface area contributed by atoms with Gasteiger partial charge in [-0.15, -0.1) is 0 Å². The predicted octanol–water partition coefficient (Wildman–Crippen LogP) is 2.84. The van der Waals surface area contributed by atoms with Crippen LogP contribution in [0.15, 0.2) is 24.3 Å². The summed E-state index contributed by atoms with van der Waals surface area (Å²) in [6.45, 7) is 2.08. The highest BCUT2D eigenvalue weighted by Gasteiger charge is 2.25. The maximum Gasteiger partial charge on any atom is 0.00136 e. The van der Waals surface area contributed by atoms with Crippen LogP contribution in [0.5, 0.6) is 0 Å². The number of hydrogen-bond acceptors (Lipinski definition) is 1. The van der Waals surface area contributed by atoms with Gasteiger partial charge in [-0.25, -0.2) is 0 Å². The van der Waals surface area contributed by atoms with E-state index in [1.54, 1.807) is 5.56 Å². The lowest BCUT2D eigenvalue weighted by atomic mass is 9.98. The second kappa shape index (κ2) is 4.14. The molecule has 0 aromatic heterocycles. The van der Waals surface area contributed by atoms with Crippen molar-refractivity contribution < 1.29 is 0 Å². The molecule has 1 aromatic rings. The SMILES string of the molecule is CC(N)CCc1ccccc1C1CC1. The first-order valence-electron chi connectivity index (χ1n) is 5.61. The first-order valence-corrected chi connectivity index (χ1v) is 5.61. The summed E-state index contributed by atoms with van der Waals surface area (Å²) in [5.41, 5.74) is 8.88. The van der Waals surface area contributed by atoms with Gasteiger partial charge in [-0.1, -0.05) is 24.3 Å². The zero-order valence-electron chi connectivity index (χ0n) is 8.87. The average molecular weight is 189 g/mol. The van der Waals surface area contributed by atoms with Crippen molar-refractivity contribution in [2.45, 2.75) is 44.6 Å². The fourth-order valence-corrected chi connectivity index (χ4v) is 1.94. The summed E-state index contributed by atoms with van der Waals surface area (Å²) in [7, 11) is 0. The van der Waals surface area contributed by atoms with Crippen molar-refractivity contribution in [3.05, 3.63) is 35.4 Å². The van der Waals surface area contributed by atoms with Crippen LogP contribution in [-0.2, 0) is 6.42 Å². The molecule has 1 fully saturated rings. The number of rotatable bonds is 4. The quantitative estimate of drug-likeness (QED) is 0.774. The molecule has 1 nitrogen and oxygen atoms in total. The molecule has 2 rings (SSSR count). The van der Waals surface area contributed by atoms with Gasteiger partial charge >= 0.3 is 0 Å². The average Bonchev–Trinajstić information content (AvgIpc) is 2.98. The van der Waals surface area contributed by atoms with Gasteiger partial charge < -0.3 is 5.73 Å². The first-order chi connectivity index (χ1) is 6.77. The second-order valence-corrected chi connectivity index (χ2v) is 4.49. The van der Waals surface area contributed by atoms with E-state index in [1.165, 1.54) is 18.4 Å². The predicted molar refractivity (Wildman–Crippen MR) is 60.4 cm³/mol. The molecular formula is C13H19N. The Balaban J connectivity index is 2.07. The molecular weight excluding hydrogens is 170 g/mol. The van der Waals surface area contributed by atoms with Crippen molar-refractivity contribution in [1.29, 1.82) is 0 Å². The summed E-state index contributed by atoms with van der Waals surface area (Å²) in [6.07, 6.45) is 5.01. The van der Waals surface area contributed by atoms with Gasteiger partial charge in [0.05, 0.1) is 0 Å². The van der Waals surface area contributed by atoms with Crippen LogP contribution in [0.25, 0.3) is 0 Å². The molecule has 1 heteroatoms. The highest BCUT2D eigenvalue weighted by Crippen LogP contribution is 2.41. The van der Waals surface area contributed by atoms with Crippen LogP contribution in [0.1, 0.15) is 43.2 Å². The minimum absolute atomic E-state index is 0.322. The number of benzene rings is 1. The van der Waals surface area contributed by atoms with Crippen LogP contribution in [0.2, 0.25) is 0 Å². The molecule has 1 aliphatic carbocycles. The number of nitrogens with two attached hydrogens (primary N) is 1. The summed E-state index contributed by atoms with van der Waals surface area (Å²) in [4.78, 5) is 0. The first kappa shape index (κ1) is 9.72. The Morgan fingerprint density at radius 3 is 2.71 bits per heavy atom. The topological polar surface area (TPSA) is 26.0 Å². The number of hydrogen-bond donors (Lipinski definition) is 1. The molecule has 0 amide bonds. The Hall–Kier alpha value is -0.820. The fourth-order valence-electron chi connectivity index (χ4n) is 1.94. The van der Waals surface area contributed by atoms with Gasteiger partial charge in [0.25, 0.3) is 0 Å². The van der Waals surface area contributed by atoms with Crippen LogP contribution in [0.3, 0.4) is 0 Å². The molecule has 0 aliphatic heterocycles. The third-order valence-corrected chi connectivity index (χ3v) is 2.94. The largest absolute Gasteiger partial charge is 0.328 e. The summed E-state index contributed by atoms with van der Waals surface area (Å²) < 4.78 is 0. The van der Waals surface area contributed by atoms with Gasteiger partial charge in [0.1, 0.15) is 0 Å². The zero-order valence-corrected chi connectivity index (χ0v) is 8.87. The highest BCUT2D eigenvalue weighted by atomic mass is 14.6. The maximum atomic E-state index is 5.78. The van der Waals surface area contributed by atoms with E-state index in [-0.39, 0.29) is 0 Å². The van der Waals surface area contributed by atoms with Crippen LogP contribution in [0, 0.1) is 0 Å². The molecule has 76 valence electrons. The van der Waals surface area contributed by atoms with E-state index < -0.39 is 0 Å². The lowest BCUT2D eigenvalue weighted by Crippen LogP contribution is -2.15. The van der Waals surface area contributed by atoms with Crippen molar-refractivity contribution in [3.8, 4) is 0 Å². The fraction of sp³-hybridized carbons (Fsp3) is 0.538. The molecule has 14 heavy (non-hydrogen) atoms. The Kier molecular flexibility index (Phi) is 2.87. The minimum atomic E-state index is 0.322. The molecule has 1 atom stereocenters. The van der Waals surface area contributed by atoms with Gasteiger partial charge in [-0.05, 0) is 49.7 Å². The molecule has 0 spiro atoms. The van der Waals surface area contributed by atoms with E-state index in [0.29, 0.717) is 6.04 Å². The van der Waals surface area contributed by atoms with Crippen LogP contribution in [-0.4, -0.2) is 6.04 Å². The van der Waals surface area contributed by atoms with Crippen LogP contribution < -0.4 is 5.73 Å². The third kappa shape index (κ3) is 2.36. The molecule has 1 saturated carbocycles. The highest BCUT2D eigenvalue weighted by molar-refractivity contribution is 5.33. The van der Waals surface area contributed by atoms with Gasteiger partial charge in [0.2, 0.25) is 0 Å². The van der Waals surface area contributed by atoms with Crippen LogP contribution >= 0.6 is 0 Å². The number of aryl methyl sites for hydroxylation is 1. The Morgan fingerprint density at radius 2 is 2.07 bits per heavy atom. The smallest absolute Gasteiger partial charge is 0.00136 e. The standard InChI is InChI=1S/C13H19N/c1-10(14)6-7-11-4-2-3-5-13(11)12-8-9-12/h2-5,10,12H,6-9,14H2,1H3. The Labute approximate surface area is 86.3 Å². The lowest BCUT2D eigenvalue weighted by molar-refractivity contribution is 0.663. The van der Waals surface area contributed by atoms with Crippen molar-refractivity contribution in [2.75, 3.05) is 0 Å². The summed E-state index contributed by atoms with van der Waals surface area (Å²) in [6, 6.07) is 9.16. The molecule has 0 saturated heterocycles. The Bertz CT molecular complexity index is 300. The van der Waals surface area contributed by atoms with Crippen molar-refractivity contribution >= 4 is 0 Å². The molecule has 0 radical (unpaired) electrons. The zero-order chi connectivity index (χ0) is 9.97. The van der Waals surface area contributed by atoms with Gasteiger partial charge in [0.15, 0.2) is 0 Å². The van der Waals surface area contributed by atoms with Crippen molar-refractivity contribution in [1.82, 2.24) is 0 Å². The molecule has 1 unspecified atom stereocenters. The summed E-state index contributed by atoms with van der Waals surface area (Å²) in [5.74, 6) is 0.860. The molecule has 0 bridgehead atoms. The molecule has 1 aromatic carbocycles. The van der Waals surface area contributed by atoms with Gasteiger partial charge in [0, 0.05) is 6.04 Å². The second-order valence-electron chi connectivity index (χ2n) is 4.49. The third-order valence-electron chi connectivity index (χ3n) is 2.94. The maximum absolute atomic E-state index is 5.78. The van der Waals surface area contributed by atoms with E-state index in [1.807, 2.05) is 0 Å². The van der Waals surface area contributed by atoms with E-state index in [9.17, 15) is 0 Å². The minimum Gasteiger partial charge on any atom is -0.328 e. The Morgan fingerprint density at radius 1 is 1.36 bits per heavy atom. The van der Waals surface area contributed by atoms with Crippen molar-refractivity contribution in [3.63, 3.8) is 0 Å². The molecule has 2 N–H and O–H groups in total. The normalized spacial score (nSPS) is 18.1. The van der Waals surface area contributed by atoms with E-state index in [2.05, 4.69) is 31.2 Å². The molecule has 0 heterocycles. The van der Waals surface area contributed by atoms with Gasteiger partial charge in [-0.3, -0.25) is 0 Å². The summed E-state index contributed by atoms with van der Waals surface area (Å²) in [5, 5.41) is 0. The van der Waals surface area contributed by atoms with E-state index in [4.69, 9.17) is 5.73 Å².